The molecule has 0 saturated carbocycles. The summed E-state index contributed by atoms with van der Waals surface area (Å²) >= 11 is 1.65. The van der Waals surface area contributed by atoms with Crippen molar-refractivity contribution in [3.8, 4) is 11.5 Å². The molecule has 0 aliphatic carbocycles. The van der Waals surface area contributed by atoms with Gasteiger partial charge >= 0.3 is 0 Å². The molecular formula is C19H21NO4S. The number of nitrogens with one attached hydrogen (secondary N) is 1. The van der Waals surface area contributed by atoms with E-state index >= 15 is 0 Å². The lowest BCUT2D eigenvalue weighted by Gasteiger charge is -2.18. The van der Waals surface area contributed by atoms with Gasteiger partial charge in [-0.2, -0.15) is 11.3 Å². The average molecular weight is 359 g/mol. The van der Waals surface area contributed by atoms with Gasteiger partial charge in [0.2, 0.25) is 5.91 Å². The van der Waals surface area contributed by atoms with Crippen molar-refractivity contribution in [2.45, 2.75) is 32.2 Å². The van der Waals surface area contributed by atoms with Gasteiger partial charge in [-0.3, -0.25) is 9.59 Å². The third-order valence-corrected chi connectivity index (χ3v) is 4.70. The Morgan fingerprint density at radius 3 is 2.72 bits per heavy atom. The second-order valence-corrected chi connectivity index (χ2v) is 6.87. The minimum atomic E-state index is -0.103. The molecule has 1 unspecified atom stereocenters. The Balaban J connectivity index is 1.47. The molecule has 0 bridgehead atoms. The Bertz CT molecular complexity index is 742. The molecule has 2 heterocycles. The molecule has 0 spiro atoms. The fraction of sp³-hybridized carbons (Fsp3) is 0.368. The molecule has 0 radical (unpaired) electrons. The van der Waals surface area contributed by atoms with E-state index in [0.29, 0.717) is 30.3 Å². The second kappa shape index (κ2) is 8.16. The maximum absolute atomic E-state index is 12.3. The van der Waals surface area contributed by atoms with Gasteiger partial charge < -0.3 is 14.8 Å². The fourth-order valence-electron chi connectivity index (χ4n) is 2.75. The Labute approximate surface area is 151 Å². The van der Waals surface area contributed by atoms with Gasteiger partial charge in [-0.15, -0.1) is 0 Å². The van der Waals surface area contributed by atoms with Crippen LogP contribution in [0.15, 0.2) is 35.0 Å². The molecule has 25 heavy (non-hydrogen) atoms. The van der Waals surface area contributed by atoms with Crippen molar-refractivity contribution in [2.75, 3.05) is 13.2 Å². The normalized spacial score (nSPS) is 14.0. The maximum Gasteiger partial charge on any atom is 0.220 e. The van der Waals surface area contributed by atoms with Crippen LogP contribution in [0.4, 0.5) is 0 Å². The molecule has 1 aliphatic heterocycles. The molecule has 5 nitrogen and oxygen atoms in total. The first-order chi connectivity index (χ1) is 12.1. The number of ether oxygens (including phenoxy) is 2. The molecule has 1 aromatic carbocycles. The third-order valence-electron chi connectivity index (χ3n) is 3.97. The van der Waals surface area contributed by atoms with Crippen molar-refractivity contribution in [3.63, 3.8) is 0 Å². The summed E-state index contributed by atoms with van der Waals surface area (Å²) in [5.74, 6) is 1.07. The minimum absolute atomic E-state index is 0.0477. The van der Waals surface area contributed by atoms with Crippen molar-refractivity contribution in [1.82, 2.24) is 5.32 Å². The first-order valence-corrected chi connectivity index (χ1v) is 9.29. The van der Waals surface area contributed by atoms with Crippen LogP contribution < -0.4 is 14.8 Å². The standard InChI is InChI=1S/C19H21NO4S/c1-13(10-14-6-9-25-12-14)20-19(22)5-3-16(21)15-2-4-17-18(11-15)24-8-7-23-17/h2,4,6,9,11-13H,3,5,7-8,10H2,1H3,(H,20,22). The number of thiophene rings is 1. The number of rotatable bonds is 7. The molecule has 1 N–H and O–H groups in total. The number of hydrogen-bond acceptors (Lipinski definition) is 5. The van der Waals surface area contributed by atoms with Gasteiger partial charge in [-0.05, 0) is 53.9 Å². The van der Waals surface area contributed by atoms with Crippen LogP contribution in [0, 0.1) is 0 Å². The highest BCUT2D eigenvalue weighted by Crippen LogP contribution is 2.31. The molecule has 2 aromatic rings. The number of carbonyl (C=O) groups is 2. The zero-order valence-electron chi connectivity index (χ0n) is 14.1. The lowest BCUT2D eigenvalue weighted by molar-refractivity contribution is -0.121. The van der Waals surface area contributed by atoms with Crippen molar-refractivity contribution in [2.24, 2.45) is 0 Å². The molecule has 6 heteroatoms. The molecule has 132 valence electrons. The van der Waals surface area contributed by atoms with E-state index in [4.69, 9.17) is 9.47 Å². The molecule has 1 amide bonds. The Morgan fingerprint density at radius 1 is 1.16 bits per heavy atom. The minimum Gasteiger partial charge on any atom is -0.486 e. The number of ketones is 1. The second-order valence-electron chi connectivity index (χ2n) is 6.09. The van der Waals surface area contributed by atoms with Gasteiger partial charge in [0, 0.05) is 24.4 Å². The van der Waals surface area contributed by atoms with Gasteiger partial charge in [0.25, 0.3) is 0 Å². The van der Waals surface area contributed by atoms with E-state index in [-0.39, 0.29) is 30.6 Å². The summed E-state index contributed by atoms with van der Waals surface area (Å²) in [7, 11) is 0. The molecule has 1 atom stereocenters. The lowest BCUT2D eigenvalue weighted by Crippen LogP contribution is -2.34. The van der Waals surface area contributed by atoms with Crippen LogP contribution in [0.3, 0.4) is 0 Å². The maximum atomic E-state index is 12.3. The SMILES string of the molecule is CC(Cc1ccsc1)NC(=O)CCC(=O)c1ccc2c(c1)OCCO2. The lowest BCUT2D eigenvalue weighted by atomic mass is 10.0. The zero-order valence-corrected chi connectivity index (χ0v) is 14.9. The van der Waals surface area contributed by atoms with Crippen molar-refractivity contribution in [1.29, 1.82) is 0 Å². The fourth-order valence-corrected chi connectivity index (χ4v) is 3.43. The summed E-state index contributed by atoms with van der Waals surface area (Å²) < 4.78 is 10.9. The van der Waals surface area contributed by atoms with Crippen LogP contribution in [0.5, 0.6) is 11.5 Å². The number of benzene rings is 1. The van der Waals surface area contributed by atoms with Crippen molar-refractivity contribution in [3.05, 3.63) is 46.2 Å². The number of Topliss-reactive ketones (excluding diaryl/α,β-unsaturated/α-hetero) is 1. The summed E-state index contributed by atoms with van der Waals surface area (Å²) in [4.78, 5) is 24.3. The molecule has 0 saturated heterocycles. The van der Waals surface area contributed by atoms with Crippen LogP contribution in [0.2, 0.25) is 0 Å². The van der Waals surface area contributed by atoms with Crippen molar-refractivity contribution >= 4 is 23.0 Å². The van der Waals surface area contributed by atoms with E-state index in [9.17, 15) is 9.59 Å². The predicted molar refractivity (Wildman–Crippen MR) is 96.6 cm³/mol. The third kappa shape index (κ3) is 4.82. The predicted octanol–water partition coefficient (Wildman–Crippen LogP) is 3.23. The highest BCUT2D eigenvalue weighted by atomic mass is 32.1. The summed E-state index contributed by atoms with van der Waals surface area (Å²) in [6, 6.07) is 7.25. The Hall–Kier alpha value is -2.34. The number of amides is 1. The molecule has 3 rings (SSSR count). The van der Waals surface area contributed by atoms with Crippen LogP contribution in [-0.4, -0.2) is 30.9 Å². The zero-order chi connectivity index (χ0) is 17.6. The van der Waals surface area contributed by atoms with E-state index < -0.39 is 0 Å². The van der Waals surface area contributed by atoms with E-state index in [1.165, 1.54) is 5.56 Å². The van der Waals surface area contributed by atoms with Crippen LogP contribution >= 0.6 is 11.3 Å². The van der Waals surface area contributed by atoms with E-state index in [1.54, 1.807) is 29.5 Å². The van der Waals surface area contributed by atoms with Gasteiger partial charge in [-0.1, -0.05) is 0 Å². The number of hydrogen-bond donors (Lipinski definition) is 1. The highest BCUT2D eigenvalue weighted by Gasteiger charge is 2.16. The Kier molecular flexibility index (Phi) is 5.71. The molecule has 1 aliphatic rings. The molecule has 1 aromatic heterocycles. The smallest absolute Gasteiger partial charge is 0.220 e. The van der Waals surface area contributed by atoms with Crippen LogP contribution in [-0.2, 0) is 11.2 Å². The molecule has 0 fully saturated rings. The summed E-state index contributed by atoms with van der Waals surface area (Å²) in [6.07, 6.45) is 1.16. The first-order valence-electron chi connectivity index (χ1n) is 8.35. The van der Waals surface area contributed by atoms with Crippen LogP contribution in [0.25, 0.3) is 0 Å². The molecular weight excluding hydrogens is 338 g/mol. The monoisotopic (exact) mass is 359 g/mol. The summed E-state index contributed by atoms with van der Waals surface area (Å²) in [5, 5.41) is 7.04. The summed E-state index contributed by atoms with van der Waals surface area (Å²) in [6.45, 7) is 2.97. The summed E-state index contributed by atoms with van der Waals surface area (Å²) in [5.41, 5.74) is 1.76. The first kappa shape index (κ1) is 17.5. The largest absolute Gasteiger partial charge is 0.486 e. The van der Waals surface area contributed by atoms with E-state index in [0.717, 1.165) is 6.42 Å². The Morgan fingerprint density at radius 2 is 1.96 bits per heavy atom. The number of carbonyl (C=O) groups excluding carboxylic acids is 2. The van der Waals surface area contributed by atoms with Gasteiger partial charge in [0.05, 0.1) is 0 Å². The van der Waals surface area contributed by atoms with Gasteiger partial charge in [0.1, 0.15) is 13.2 Å². The quantitative estimate of drug-likeness (QED) is 0.771. The van der Waals surface area contributed by atoms with Crippen LogP contribution in [0.1, 0.15) is 35.7 Å². The van der Waals surface area contributed by atoms with Gasteiger partial charge in [0.15, 0.2) is 17.3 Å². The van der Waals surface area contributed by atoms with Gasteiger partial charge in [-0.25, -0.2) is 0 Å². The van der Waals surface area contributed by atoms with Crippen molar-refractivity contribution < 1.29 is 19.1 Å². The number of fused-ring (bicyclic) bond motifs is 1. The average Bonchev–Trinajstić information content (AvgIpc) is 3.12. The van der Waals surface area contributed by atoms with E-state index in [1.807, 2.05) is 12.3 Å². The highest BCUT2D eigenvalue weighted by molar-refractivity contribution is 7.07. The topological polar surface area (TPSA) is 64.6 Å². The van der Waals surface area contributed by atoms with E-state index in [2.05, 4.69) is 16.8 Å².